The molecular weight excluding hydrogens is 266 g/mol. The molecule has 0 spiro atoms. The molecule has 0 aromatic carbocycles. The molecule has 0 fully saturated rings. The molecule has 1 atom stereocenters. The van der Waals surface area contributed by atoms with Gasteiger partial charge in [-0.2, -0.15) is 5.10 Å². The highest BCUT2D eigenvalue weighted by Crippen LogP contribution is 2.29. The lowest BCUT2D eigenvalue weighted by atomic mass is 10.1. The summed E-state index contributed by atoms with van der Waals surface area (Å²) in [5.74, 6) is 0.808. The van der Waals surface area contributed by atoms with Crippen molar-refractivity contribution in [3.63, 3.8) is 0 Å². The molecule has 0 bridgehead atoms. The van der Waals surface area contributed by atoms with Gasteiger partial charge < -0.3 is 14.6 Å². The topological polar surface area (TPSA) is 56.9 Å². The summed E-state index contributed by atoms with van der Waals surface area (Å²) in [5.41, 5.74) is 2.04. The summed E-state index contributed by atoms with van der Waals surface area (Å²) in [7, 11) is 3.67. The van der Waals surface area contributed by atoms with Crippen LogP contribution < -0.4 is 10.1 Å². The van der Waals surface area contributed by atoms with Crippen LogP contribution in [0.4, 0.5) is 0 Å². The van der Waals surface area contributed by atoms with E-state index >= 15 is 0 Å². The van der Waals surface area contributed by atoms with E-state index in [1.165, 1.54) is 0 Å². The summed E-state index contributed by atoms with van der Waals surface area (Å²) in [5, 5.41) is 8.01. The normalized spacial score (nSPS) is 12.6. The van der Waals surface area contributed by atoms with Gasteiger partial charge in [0.2, 0.25) is 0 Å². The number of aryl methyl sites for hydroxylation is 2. The third kappa shape index (κ3) is 3.44. The Balaban J connectivity index is 2.42. The van der Waals surface area contributed by atoms with Crippen LogP contribution in [0, 0.1) is 0 Å². The molecule has 0 aliphatic carbocycles. The quantitative estimate of drug-likeness (QED) is 0.809. The van der Waals surface area contributed by atoms with Crippen molar-refractivity contribution >= 4 is 0 Å². The van der Waals surface area contributed by atoms with Gasteiger partial charge in [-0.1, -0.05) is 13.8 Å². The standard InChI is InChI=1S/C15H25N5O/c1-5-7-16-14(12-10-19(3)11-17-12)15-13(21-4)9-18-20(15)8-6-2/h9-11,14,16H,5-8H2,1-4H3. The van der Waals surface area contributed by atoms with Gasteiger partial charge in [-0.05, 0) is 19.4 Å². The van der Waals surface area contributed by atoms with Crippen LogP contribution in [0.2, 0.25) is 0 Å². The third-order valence-corrected chi connectivity index (χ3v) is 3.39. The van der Waals surface area contributed by atoms with Gasteiger partial charge in [0.15, 0.2) is 5.75 Å². The monoisotopic (exact) mass is 291 g/mol. The zero-order valence-electron chi connectivity index (χ0n) is 13.3. The second-order valence-corrected chi connectivity index (χ2v) is 5.17. The number of hydrogen-bond donors (Lipinski definition) is 1. The van der Waals surface area contributed by atoms with E-state index in [-0.39, 0.29) is 6.04 Å². The predicted molar refractivity (Wildman–Crippen MR) is 82.4 cm³/mol. The molecule has 2 aromatic heterocycles. The summed E-state index contributed by atoms with van der Waals surface area (Å²) in [6.45, 7) is 6.09. The smallest absolute Gasteiger partial charge is 0.161 e. The average Bonchev–Trinajstić information content (AvgIpc) is 3.07. The SMILES string of the molecule is CCCNC(c1cn(C)cn1)c1c(OC)cnn1CCC. The van der Waals surface area contributed by atoms with Crippen molar-refractivity contribution in [2.24, 2.45) is 7.05 Å². The summed E-state index contributed by atoms with van der Waals surface area (Å²) < 4.78 is 9.48. The lowest BCUT2D eigenvalue weighted by molar-refractivity contribution is 0.396. The molecule has 2 aromatic rings. The molecule has 0 radical (unpaired) electrons. The van der Waals surface area contributed by atoms with Crippen molar-refractivity contribution in [2.75, 3.05) is 13.7 Å². The molecule has 0 saturated carbocycles. The molecule has 1 N–H and O–H groups in total. The lowest BCUT2D eigenvalue weighted by Gasteiger charge is -2.19. The average molecular weight is 291 g/mol. The Labute approximate surface area is 126 Å². The highest BCUT2D eigenvalue weighted by atomic mass is 16.5. The van der Waals surface area contributed by atoms with Gasteiger partial charge in [0.1, 0.15) is 5.69 Å². The van der Waals surface area contributed by atoms with Crippen molar-refractivity contribution < 1.29 is 4.74 Å². The van der Waals surface area contributed by atoms with Crippen molar-refractivity contribution in [3.8, 4) is 5.75 Å². The molecule has 0 saturated heterocycles. The number of aromatic nitrogens is 4. The summed E-state index contributed by atoms with van der Waals surface area (Å²) in [4.78, 5) is 4.51. The summed E-state index contributed by atoms with van der Waals surface area (Å²) >= 11 is 0. The first-order chi connectivity index (χ1) is 10.2. The fourth-order valence-electron chi connectivity index (χ4n) is 2.43. The number of ether oxygens (including phenoxy) is 1. The molecule has 2 rings (SSSR count). The van der Waals surface area contributed by atoms with Crippen LogP contribution in [0.3, 0.4) is 0 Å². The van der Waals surface area contributed by atoms with Crippen LogP contribution in [0.15, 0.2) is 18.7 Å². The molecule has 0 aliphatic heterocycles. The van der Waals surface area contributed by atoms with Crippen molar-refractivity contribution in [2.45, 2.75) is 39.3 Å². The van der Waals surface area contributed by atoms with E-state index in [1.54, 1.807) is 13.3 Å². The Morgan fingerprint density at radius 3 is 2.71 bits per heavy atom. The van der Waals surface area contributed by atoms with E-state index in [2.05, 4.69) is 29.2 Å². The Kier molecular flexibility index (Phi) is 5.38. The number of imidazole rings is 1. The van der Waals surface area contributed by atoms with Gasteiger partial charge in [-0.15, -0.1) is 0 Å². The number of nitrogens with zero attached hydrogens (tertiary/aromatic N) is 4. The lowest BCUT2D eigenvalue weighted by Crippen LogP contribution is -2.26. The van der Waals surface area contributed by atoms with E-state index in [0.717, 1.165) is 43.1 Å². The van der Waals surface area contributed by atoms with Gasteiger partial charge in [-0.25, -0.2) is 4.98 Å². The van der Waals surface area contributed by atoms with Gasteiger partial charge in [0.25, 0.3) is 0 Å². The molecule has 6 heteroatoms. The second kappa shape index (κ2) is 7.26. The van der Waals surface area contributed by atoms with E-state index in [4.69, 9.17) is 4.74 Å². The summed E-state index contributed by atoms with van der Waals surface area (Å²) in [6.07, 6.45) is 7.74. The van der Waals surface area contributed by atoms with Crippen molar-refractivity contribution in [1.29, 1.82) is 0 Å². The molecular formula is C15H25N5O. The van der Waals surface area contributed by atoms with Gasteiger partial charge >= 0.3 is 0 Å². The highest BCUT2D eigenvalue weighted by Gasteiger charge is 2.24. The minimum atomic E-state index is -0.00449. The number of nitrogens with one attached hydrogen (secondary N) is 1. The molecule has 116 valence electrons. The van der Waals surface area contributed by atoms with Crippen LogP contribution in [-0.4, -0.2) is 33.0 Å². The first-order valence-electron chi connectivity index (χ1n) is 7.52. The fraction of sp³-hybridized carbons (Fsp3) is 0.600. The molecule has 6 nitrogen and oxygen atoms in total. The number of methoxy groups -OCH3 is 1. The fourth-order valence-corrected chi connectivity index (χ4v) is 2.43. The van der Waals surface area contributed by atoms with E-state index < -0.39 is 0 Å². The second-order valence-electron chi connectivity index (χ2n) is 5.17. The zero-order valence-corrected chi connectivity index (χ0v) is 13.3. The maximum atomic E-state index is 5.50. The zero-order chi connectivity index (χ0) is 15.2. The van der Waals surface area contributed by atoms with Crippen LogP contribution in [-0.2, 0) is 13.6 Å². The minimum Gasteiger partial charge on any atom is -0.493 e. The predicted octanol–water partition coefficient (Wildman–Crippen LogP) is 2.12. The maximum absolute atomic E-state index is 5.50. The molecule has 1 unspecified atom stereocenters. The Morgan fingerprint density at radius 1 is 1.33 bits per heavy atom. The summed E-state index contributed by atoms with van der Waals surface area (Å²) in [6, 6.07) is -0.00449. The number of hydrogen-bond acceptors (Lipinski definition) is 4. The van der Waals surface area contributed by atoms with Gasteiger partial charge in [-0.3, -0.25) is 4.68 Å². The molecule has 0 aliphatic rings. The van der Waals surface area contributed by atoms with Crippen molar-refractivity contribution in [3.05, 3.63) is 30.1 Å². The third-order valence-electron chi connectivity index (χ3n) is 3.39. The van der Waals surface area contributed by atoms with E-state index in [9.17, 15) is 0 Å². The number of rotatable bonds is 8. The van der Waals surface area contributed by atoms with Crippen molar-refractivity contribution in [1.82, 2.24) is 24.6 Å². The largest absolute Gasteiger partial charge is 0.493 e. The van der Waals surface area contributed by atoms with Crippen LogP contribution >= 0.6 is 0 Å². The van der Waals surface area contributed by atoms with Gasteiger partial charge in [0, 0.05) is 19.8 Å². The first-order valence-corrected chi connectivity index (χ1v) is 7.52. The Hall–Kier alpha value is -1.82. The van der Waals surface area contributed by atoms with E-state index in [0.29, 0.717) is 0 Å². The Morgan fingerprint density at radius 2 is 2.14 bits per heavy atom. The Bertz CT molecular complexity index is 560. The van der Waals surface area contributed by atoms with Crippen LogP contribution in [0.5, 0.6) is 5.75 Å². The maximum Gasteiger partial charge on any atom is 0.161 e. The molecule has 0 amide bonds. The van der Waals surface area contributed by atoms with Crippen LogP contribution in [0.25, 0.3) is 0 Å². The van der Waals surface area contributed by atoms with Gasteiger partial charge in [0.05, 0.1) is 31.4 Å². The van der Waals surface area contributed by atoms with E-state index in [1.807, 2.05) is 28.8 Å². The minimum absolute atomic E-state index is 0.00449. The molecule has 21 heavy (non-hydrogen) atoms. The molecule has 2 heterocycles. The van der Waals surface area contributed by atoms with Crippen LogP contribution in [0.1, 0.15) is 44.1 Å². The first kappa shape index (κ1) is 15.6. The highest BCUT2D eigenvalue weighted by molar-refractivity contribution is 5.33.